The first-order chi connectivity index (χ1) is 9.33. The molecule has 0 amide bonds. The van der Waals surface area contributed by atoms with E-state index in [1.165, 1.54) is 25.7 Å². The van der Waals surface area contributed by atoms with Gasteiger partial charge < -0.3 is 5.32 Å². The zero-order chi connectivity index (χ0) is 13.1. The largest absolute Gasteiger partial charge is 0.381 e. The first-order valence-electron chi connectivity index (χ1n) is 7.03. The number of hydrogen-bond acceptors (Lipinski definition) is 3. The Morgan fingerprint density at radius 1 is 1.37 bits per heavy atom. The van der Waals surface area contributed by atoms with E-state index in [1.807, 2.05) is 6.07 Å². The summed E-state index contributed by atoms with van der Waals surface area (Å²) in [5.74, 6) is 0.918. The molecule has 2 aromatic rings. The van der Waals surface area contributed by atoms with Crippen molar-refractivity contribution in [2.75, 3.05) is 5.32 Å². The van der Waals surface area contributed by atoms with Crippen molar-refractivity contribution < 1.29 is 0 Å². The quantitative estimate of drug-likeness (QED) is 0.893. The van der Waals surface area contributed by atoms with Crippen LogP contribution in [0.25, 0.3) is 5.69 Å². The molecule has 0 spiro atoms. The molecule has 1 heterocycles. The van der Waals surface area contributed by atoms with Gasteiger partial charge in [-0.25, -0.2) is 9.67 Å². The minimum absolute atomic E-state index is 0.495. The molecule has 100 valence electrons. The summed E-state index contributed by atoms with van der Waals surface area (Å²) in [5.41, 5.74) is 2.18. The van der Waals surface area contributed by atoms with Gasteiger partial charge in [-0.15, -0.1) is 0 Å². The number of hydrogen-bond donors (Lipinski definition) is 1. The molecule has 0 saturated heterocycles. The molecule has 1 fully saturated rings. The number of nitrogens with zero attached hydrogens (tertiary/aromatic N) is 3. The molecule has 1 N–H and O–H groups in total. The van der Waals surface area contributed by atoms with E-state index in [9.17, 15) is 0 Å². The van der Waals surface area contributed by atoms with E-state index in [1.54, 1.807) is 17.3 Å². The molecule has 1 aromatic carbocycles. The maximum Gasteiger partial charge on any atom is 0.138 e. The zero-order valence-electron chi connectivity index (χ0n) is 11.3. The summed E-state index contributed by atoms with van der Waals surface area (Å²) in [4.78, 5) is 4.01. The third-order valence-corrected chi connectivity index (χ3v) is 3.88. The van der Waals surface area contributed by atoms with Crippen LogP contribution >= 0.6 is 0 Å². The Hall–Kier alpha value is -1.84. The van der Waals surface area contributed by atoms with Crippen LogP contribution in [-0.2, 0) is 0 Å². The Kier molecular flexibility index (Phi) is 3.49. The van der Waals surface area contributed by atoms with Crippen molar-refractivity contribution in [3.8, 4) is 5.69 Å². The topological polar surface area (TPSA) is 42.7 Å². The molecule has 1 atom stereocenters. The molecule has 4 heteroatoms. The Morgan fingerprint density at radius 3 is 2.89 bits per heavy atom. The van der Waals surface area contributed by atoms with Gasteiger partial charge in [0.05, 0.1) is 11.4 Å². The molecular weight excluding hydrogens is 236 g/mol. The SMILES string of the molecule is CC(CC1CCC1)Nc1ccccc1-n1cncn1. The number of rotatable bonds is 5. The average Bonchev–Trinajstić information content (AvgIpc) is 2.88. The van der Waals surface area contributed by atoms with Crippen LogP contribution in [0.4, 0.5) is 5.69 Å². The molecule has 0 radical (unpaired) electrons. The van der Waals surface area contributed by atoms with Crippen LogP contribution in [0.1, 0.15) is 32.6 Å². The van der Waals surface area contributed by atoms with Crippen LogP contribution < -0.4 is 5.32 Å². The standard InChI is InChI=1S/C15H20N4/c1-12(9-13-5-4-6-13)18-14-7-2-3-8-15(14)19-11-16-10-17-19/h2-3,7-8,10-13,18H,4-6,9H2,1H3. The van der Waals surface area contributed by atoms with Crippen molar-refractivity contribution in [2.45, 2.75) is 38.6 Å². The second kappa shape index (κ2) is 5.43. The monoisotopic (exact) mass is 256 g/mol. The Morgan fingerprint density at radius 2 is 2.21 bits per heavy atom. The molecule has 0 aliphatic heterocycles. The summed E-state index contributed by atoms with van der Waals surface area (Å²) >= 11 is 0. The Labute approximate surface area is 113 Å². The highest BCUT2D eigenvalue weighted by atomic mass is 15.3. The van der Waals surface area contributed by atoms with Gasteiger partial charge in [0.2, 0.25) is 0 Å². The van der Waals surface area contributed by atoms with Crippen molar-refractivity contribution in [3.05, 3.63) is 36.9 Å². The fraction of sp³-hybridized carbons (Fsp3) is 0.467. The van der Waals surface area contributed by atoms with Gasteiger partial charge in [-0.1, -0.05) is 31.4 Å². The third-order valence-electron chi connectivity index (χ3n) is 3.88. The Bertz CT molecular complexity index is 517. The van der Waals surface area contributed by atoms with Gasteiger partial charge in [-0.3, -0.25) is 0 Å². The lowest BCUT2D eigenvalue weighted by atomic mass is 9.81. The Balaban J connectivity index is 1.73. The minimum Gasteiger partial charge on any atom is -0.381 e. The van der Waals surface area contributed by atoms with E-state index in [2.05, 4.69) is 40.5 Å². The van der Waals surface area contributed by atoms with Crippen LogP contribution in [0, 0.1) is 5.92 Å². The van der Waals surface area contributed by atoms with Gasteiger partial charge in [0, 0.05) is 6.04 Å². The van der Waals surface area contributed by atoms with Crippen LogP contribution in [0.15, 0.2) is 36.9 Å². The zero-order valence-corrected chi connectivity index (χ0v) is 11.3. The summed E-state index contributed by atoms with van der Waals surface area (Å²) in [6, 6.07) is 8.74. The highest BCUT2D eigenvalue weighted by Crippen LogP contribution is 2.31. The first-order valence-corrected chi connectivity index (χ1v) is 7.03. The third kappa shape index (κ3) is 2.78. The van der Waals surface area contributed by atoms with E-state index in [0.29, 0.717) is 6.04 Å². The molecule has 1 aromatic heterocycles. The van der Waals surface area contributed by atoms with Gasteiger partial charge >= 0.3 is 0 Å². The maximum absolute atomic E-state index is 4.21. The van der Waals surface area contributed by atoms with Crippen LogP contribution in [0.2, 0.25) is 0 Å². The van der Waals surface area contributed by atoms with E-state index in [-0.39, 0.29) is 0 Å². The van der Waals surface area contributed by atoms with E-state index >= 15 is 0 Å². The average molecular weight is 256 g/mol. The van der Waals surface area contributed by atoms with Crippen molar-refractivity contribution in [3.63, 3.8) is 0 Å². The van der Waals surface area contributed by atoms with Gasteiger partial charge in [0.1, 0.15) is 12.7 Å². The van der Waals surface area contributed by atoms with Gasteiger partial charge in [-0.2, -0.15) is 5.10 Å². The normalized spacial score (nSPS) is 16.9. The van der Waals surface area contributed by atoms with Crippen molar-refractivity contribution in [1.82, 2.24) is 14.8 Å². The fourth-order valence-electron chi connectivity index (χ4n) is 2.68. The number of anilines is 1. The number of nitrogens with one attached hydrogen (secondary N) is 1. The summed E-state index contributed by atoms with van der Waals surface area (Å²) in [5, 5.41) is 7.82. The van der Waals surface area contributed by atoms with Crippen LogP contribution in [0.5, 0.6) is 0 Å². The van der Waals surface area contributed by atoms with Crippen molar-refractivity contribution in [1.29, 1.82) is 0 Å². The molecule has 1 aliphatic rings. The lowest BCUT2D eigenvalue weighted by Crippen LogP contribution is -2.23. The molecule has 1 unspecified atom stereocenters. The first kappa shape index (κ1) is 12.2. The summed E-state index contributed by atoms with van der Waals surface area (Å²) in [6.45, 7) is 2.26. The minimum atomic E-state index is 0.495. The maximum atomic E-state index is 4.21. The van der Waals surface area contributed by atoms with Gasteiger partial charge in [-0.05, 0) is 31.4 Å². The molecule has 1 aliphatic carbocycles. The number of benzene rings is 1. The number of para-hydroxylation sites is 2. The molecule has 0 bridgehead atoms. The summed E-state index contributed by atoms with van der Waals surface area (Å²) in [7, 11) is 0. The summed E-state index contributed by atoms with van der Waals surface area (Å²) < 4.78 is 1.80. The lowest BCUT2D eigenvalue weighted by Gasteiger charge is -2.29. The molecule has 3 rings (SSSR count). The highest BCUT2D eigenvalue weighted by Gasteiger charge is 2.20. The predicted molar refractivity (Wildman–Crippen MR) is 76.4 cm³/mol. The smallest absolute Gasteiger partial charge is 0.138 e. The second-order valence-corrected chi connectivity index (χ2v) is 5.44. The van der Waals surface area contributed by atoms with E-state index < -0.39 is 0 Å². The van der Waals surface area contributed by atoms with Crippen LogP contribution in [-0.4, -0.2) is 20.8 Å². The van der Waals surface area contributed by atoms with Crippen molar-refractivity contribution in [2.24, 2.45) is 5.92 Å². The van der Waals surface area contributed by atoms with Crippen LogP contribution in [0.3, 0.4) is 0 Å². The van der Waals surface area contributed by atoms with E-state index in [4.69, 9.17) is 0 Å². The molecular formula is C15H20N4. The predicted octanol–water partition coefficient (Wildman–Crippen LogP) is 3.26. The lowest BCUT2D eigenvalue weighted by molar-refractivity contribution is 0.286. The second-order valence-electron chi connectivity index (χ2n) is 5.44. The summed E-state index contributed by atoms with van der Waals surface area (Å²) in [6.07, 6.45) is 8.76. The molecule has 1 saturated carbocycles. The van der Waals surface area contributed by atoms with Crippen molar-refractivity contribution >= 4 is 5.69 Å². The molecule has 19 heavy (non-hydrogen) atoms. The highest BCUT2D eigenvalue weighted by molar-refractivity contribution is 5.60. The number of aromatic nitrogens is 3. The fourth-order valence-corrected chi connectivity index (χ4v) is 2.68. The molecule has 4 nitrogen and oxygen atoms in total. The van der Waals surface area contributed by atoms with Gasteiger partial charge in [0.15, 0.2) is 0 Å². The van der Waals surface area contributed by atoms with E-state index in [0.717, 1.165) is 17.3 Å². The van der Waals surface area contributed by atoms with Gasteiger partial charge in [0.25, 0.3) is 0 Å².